The van der Waals surface area contributed by atoms with Gasteiger partial charge in [-0.1, -0.05) is 50.3 Å². The molecule has 28 heavy (non-hydrogen) atoms. The molecule has 6 heteroatoms. The zero-order valence-electron chi connectivity index (χ0n) is 16.5. The Balaban J connectivity index is 2.19. The lowest BCUT2D eigenvalue weighted by molar-refractivity contribution is -0.118. The van der Waals surface area contributed by atoms with Crippen molar-refractivity contribution in [2.45, 2.75) is 13.8 Å². The zero-order chi connectivity index (χ0) is 20.5. The van der Waals surface area contributed by atoms with Gasteiger partial charge in [0.25, 0.3) is 0 Å². The Morgan fingerprint density at radius 3 is 2.29 bits per heavy atom. The molecule has 2 rings (SSSR count). The first kappa shape index (κ1) is 21.0. The molecule has 1 N–H and O–H groups in total. The molecule has 0 saturated carbocycles. The summed E-state index contributed by atoms with van der Waals surface area (Å²) in [4.78, 5) is 24.7. The third-order valence-corrected chi connectivity index (χ3v) is 3.95. The van der Waals surface area contributed by atoms with E-state index in [1.807, 2.05) is 36.4 Å². The maximum absolute atomic E-state index is 12.6. The first-order valence-electron chi connectivity index (χ1n) is 8.91. The molecule has 148 valence electrons. The number of methoxy groups -OCH3 is 2. The second kappa shape index (κ2) is 10.2. The van der Waals surface area contributed by atoms with E-state index in [0.717, 1.165) is 5.56 Å². The van der Waals surface area contributed by atoms with E-state index < -0.39 is 5.97 Å². The Labute approximate surface area is 165 Å². The predicted octanol–water partition coefficient (Wildman–Crippen LogP) is 4.17. The van der Waals surface area contributed by atoms with Crippen molar-refractivity contribution in [2.24, 2.45) is 5.92 Å². The molecular formula is C22H25NO5. The summed E-state index contributed by atoms with van der Waals surface area (Å²) in [6.45, 7) is 3.63. The summed E-state index contributed by atoms with van der Waals surface area (Å²) in [6, 6.07) is 12.7. The molecule has 0 aliphatic carbocycles. The number of carbonyl (C=O) groups is 2. The molecule has 0 aliphatic heterocycles. The van der Waals surface area contributed by atoms with Crippen LogP contribution in [0.1, 0.15) is 29.8 Å². The molecule has 2 aromatic carbocycles. The van der Waals surface area contributed by atoms with Gasteiger partial charge in [0.1, 0.15) is 6.61 Å². The van der Waals surface area contributed by atoms with Crippen molar-refractivity contribution in [2.75, 3.05) is 26.1 Å². The van der Waals surface area contributed by atoms with Crippen LogP contribution in [0.3, 0.4) is 0 Å². The highest BCUT2D eigenvalue weighted by Gasteiger charge is 2.20. The van der Waals surface area contributed by atoms with Crippen molar-refractivity contribution in [1.29, 1.82) is 0 Å². The van der Waals surface area contributed by atoms with E-state index in [0.29, 0.717) is 17.2 Å². The van der Waals surface area contributed by atoms with Crippen LogP contribution >= 0.6 is 0 Å². The Kier molecular flexibility index (Phi) is 7.63. The van der Waals surface area contributed by atoms with Gasteiger partial charge in [-0.05, 0) is 11.6 Å². The van der Waals surface area contributed by atoms with Gasteiger partial charge >= 0.3 is 5.97 Å². The minimum atomic E-state index is -0.572. The average molecular weight is 383 g/mol. The molecule has 0 radical (unpaired) electrons. The van der Waals surface area contributed by atoms with Crippen LogP contribution in [0.4, 0.5) is 5.69 Å². The predicted molar refractivity (Wildman–Crippen MR) is 109 cm³/mol. The van der Waals surface area contributed by atoms with E-state index in [1.165, 1.54) is 20.3 Å². The third-order valence-electron chi connectivity index (χ3n) is 3.95. The van der Waals surface area contributed by atoms with Gasteiger partial charge in [-0.2, -0.15) is 0 Å². The maximum atomic E-state index is 12.6. The smallest absolute Gasteiger partial charge is 0.340 e. The van der Waals surface area contributed by atoms with Crippen LogP contribution in [0.15, 0.2) is 48.5 Å². The van der Waals surface area contributed by atoms with Gasteiger partial charge in [0.2, 0.25) is 5.91 Å². The van der Waals surface area contributed by atoms with Crippen LogP contribution in [0.5, 0.6) is 11.5 Å². The second-order valence-electron chi connectivity index (χ2n) is 6.31. The monoisotopic (exact) mass is 383 g/mol. The zero-order valence-corrected chi connectivity index (χ0v) is 16.5. The van der Waals surface area contributed by atoms with Gasteiger partial charge in [-0.25, -0.2) is 4.79 Å². The number of ether oxygens (including phenoxy) is 3. The van der Waals surface area contributed by atoms with Gasteiger partial charge in [0.05, 0.1) is 25.5 Å². The van der Waals surface area contributed by atoms with Crippen LogP contribution in [-0.4, -0.2) is 32.7 Å². The first-order chi connectivity index (χ1) is 13.5. The average Bonchev–Trinajstić information content (AvgIpc) is 2.71. The number of hydrogen-bond donors (Lipinski definition) is 1. The van der Waals surface area contributed by atoms with Crippen molar-refractivity contribution in [3.8, 4) is 11.5 Å². The first-order valence-corrected chi connectivity index (χ1v) is 8.91. The fourth-order valence-electron chi connectivity index (χ4n) is 2.38. The number of esters is 1. The lowest BCUT2D eigenvalue weighted by Gasteiger charge is -2.16. The highest BCUT2D eigenvalue weighted by atomic mass is 16.5. The van der Waals surface area contributed by atoms with Crippen LogP contribution < -0.4 is 14.8 Å². The van der Waals surface area contributed by atoms with Crippen molar-refractivity contribution in [1.82, 2.24) is 0 Å². The molecule has 0 saturated heterocycles. The Bertz CT molecular complexity index is 844. The van der Waals surface area contributed by atoms with E-state index in [1.54, 1.807) is 26.0 Å². The van der Waals surface area contributed by atoms with E-state index in [4.69, 9.17) is 14.2 Å². The number of carbonyl (C=O) groups excluding carboxylic acids is 2. The SMILES string of the molecule is COc1cc(NC(=O)C(C)C)c(C(=O)OCC=Cc2ccccc2)cc1OC. The Morgan fingerprint density at radius 2 is 1.68 bits per heavy atom. The summed E-state index contributed by atoms with van der Waals surface area (Å²) in [5.74, 6) is -0.257. The third kappa shape index (κ3) is 5.61. The molecule has 6 nitrogen and oxygen atoms in total. The molecule has 0 unspecified atom stereocenters. The summed E-state index contributed by atoms with van der Waals surface area (Å²) in [6.07, 6.45) is 3.61. The molecule has 0 bridgehead atoms. The highest BCUT2D eigenvalue weighted by Crippen LogP contribution is 2.34. The molecule has 2 aromatic rings. The van der Waals surface area contributed by atoms with Gasteiger partial charge in [0.15, 0.2) is 11.5 Å². The molecular weight excluding hydrogens is 358 g/mol. The molecule has 0 aromatic heterocycles. The van der Waals surface area contributed by atoms with Crippen molar-refractivity contribution >= 4 is 23.6 Å². The normalized spacial score (nSPS) is 10.8. The molecule has 0 atom stereocenters. The number of anilines is 1. The van der Waals surface area contributed by atoms with Crippen LogP contribution in [0.2, 0.25) is 0 Å². The standard InChI is InChI=1S/C22H25NO5/c1-15(2)21(24)23-18-14-20(27-4)19(26-3)13-17(18)22(25)28-12-8-11-16-9-6-5-7-10-16/h5-11,13-15H,12H2,1-4H3,(H,23,24). The minimum absolute atomic E-state index is 0.0969. The molecule has 0 fully saturated rings. The summed E-state index contributed by atoms with van der Waals surface area (Å²) >= 11 is 0. The lowest BCUT2D eigenvalue weighted by Crippen LogP contribution is -2.20. The van der Waals surface area contributed by atoms with Crippen molar-refractivity contribution in [3.05, 3.63) is 59.7 Å². The second-order valence-corrected chi connectivity index (χ2v) is 6.31. The van der Waals surface area contributed by atoms with Crippen molar-refractivity contribution in [3.63, 3.8) is 0 Å². The number of nitrogens with one attached hydrogen (secondary N) is 1. The highest BCUT2D eigenvalue weighted by molar-refractivity contribution is 6.02. The number of benzene rings is 2. The molecule has 0 heterocycles. The summed E-state index contributed by atoms with van der Waals surface area (Å²) in [5, 5.41) is 2.74. The number of hydrogen-bond acceptors (Lipinski definition) is 5. The topological polar surface area (TPSA) is 73.9 Å². The molecule has 0 spiro atoms. The number of amides is 1. The van der Waals surface area contributed by atoms with Crippen LogP contribution in [0, 0.1) is 5.92 Å². The van der Waals surface area contributed by atoms with Gasteiger partial charge in [0, 0.05) is 18.1 Å². The van der Waals surface area contributed by atoms with E-state index in [-0.39, 0.29) is 24.0 Å². The van der Waals surface area contributed by atoms with Crippen LogP contribution in [0.25, 0.3) is 6.08 Å². The largest absolute Gasteiger partial charge is 0.493 e. The number of rotatable bonds is 8. The fourth-order valence-corrected chi connectivity index (χ4v) is 2.38. The fraction of sp³-hybridized carbons (Fsp3) is 0.273. The van der Waals surface area contributed by atoms with Gasteiger partial charge in [-0.3, -0.25) is 4.79 Å². The quantitative estimate of drug-likeness (QED) is 0.693. The summed E-state index contributed by atoms with van der Waals surface area (Å²) < 4.78 is 15.9. The minimum Gasteiger partial charge on any atom is -0.493 e. The van der Waals surface area contributed by atoms with E-state index in [2.05, 4.69) is 5.32 Å². The molecule has 0 aliphatic rings. The van der Waals surface area contributed by atoms with Crippen LogP contribution in [-0.2, 0) is 9.53 Å². The van der Waals surface area contributed by atoms with E-state index >= 15 is 0 Å². The van der Waals surface area contributed by atoms with Crippen molar-refractivity contribution < 1.29 is 23.8 Å². The van der Waals surface area contributed by atoms with Gasteiger partial charge in [-0.15, -0.1) is 0 Å². The van der Waals surface area contributed by atoms with Gasteiger partial charge < -0.3 is 19.5 Å². The molecule has 1 amide bonds. The van der Waals surface area contributed by atoms with E-state index in [9.17, 15) is 9.59 Å². The Morgan fingerprint density at radius 1 is 1.04 bits per heavy atom. The Hall–Kier alpha value is -3.28. The maximum Gasteiger partial charge on any atom is 0.340 e. The summed E-state index contributed by atoms with van der Waals surface area (Å²) in [7, 11) is 2.96. The lowest BCUT2D eigenvalue weighted by atomic mass is 10.1. The summed E-state index contributed by atoms with van der Waals surface area (Å²) in [5.41, 5.74) is 1.52.